The number of ketones is 1. The molecule has 0 radical (unpaired) electrons. The normalized spacial score (nSPS) is 9.28. The molecule has 118 valence electrons. The molecule has 3 aromatic carbocycles. The molecule has 0 fully saturated rings. The number of Topliss-reactive ketones (excluding diaryl/α,β-unsaturated/α-hetero) is 1. The molecule has 0 saturated heterocycles. The van der Waals surface area contributed by atoms with Crippen molar-refractivity contribution in [1.29, 1.82) is 0 Å². The third-order valence-electron chi connectivity index (χ3n) is 3.25. The summed E-state index contributed by atoms with van der Waals surface area (Å²) in [5, 5.41) is 0. The van der Waals surface area contributed by atoms with E-state index in [0.717, 1.165) is 16.0 Å². The van der Waals surface area contributed by atoms with Gasteiger partial charge in [0.25, 0.3) is 5.78 Å². The Morgan fingerprint density at radius 2 is 1.08 bits per heavy atom. The Balaban J connectivity index is 1.63. The van der Waals surface area contributed by atoms with Gasteiger partial charge in [0.15, 0.2) is 0 Å². The molecule has 0 amide bonds. The Bertz CT molecular complexity index is 967. The Hall–Kier alpha value is -3.20. The molecular formula is C23H14OS. The quantitative estimate of drug-likeness (QED) is 0.624. The molecule has 0 bridgehead atoms. The molecule has 0 spiro atoms. The molecule has 0 unspecified atom stereocenters. The van der Waals surface area contributed by atoms with Crippen LogP contribution in [0.4, 0.5) is 0 Å². The molecule has 25 heavy (non-hydrogen) atoms. The van der Waals surface area contributed by atoms with Crippen molar-refractivity contribution in [2.24, 2.45) is 0 Å². The molecular weight excluding hydrogens is 324 g/mol. The zero-order valence-electron chi connectivity index (χ0n) is 13.4. The Morgan fingerprint density at radius 1 is 0.600 bits per heavy atom. The first-order chi connectivity index (χ1) is 12.3. The first-order valence-electron chi connectivity index (χ1n) is 7.76. The highest BCUT2D eigenvalue weighted by Crippen LogP contribution is 2.27. The monoisotopic (exact) mass is 338 g/mol. The highest BCUT2D eigenvalue weighted by Gasteiger charge is 1.96. The average molecular weight is 338 g/mol. The highest BCUT2D eigenvalue weighted by atomic mass is 32.2. The molecule has 2 heteroatoms. The molecule has 0 aliphatic rings. The molecule has 3 aromatic rings. The fourth-order valence-corrected chi connectivity index (χ4v) is 2.88. The van der Waals surface area contributed by atoms with Crippen LogP contribution in [0.15, 0.2) is 94.7 Å². The second-order valence-corrected chi connectivity index (χ2v) is 6.28. The lowest BCUT2D eigenvalue weighted by atomic mass is 10.2. The smallest absolute Gasteiger partial charge is 0.270 e. The van der Waals surface area contributed by atoms with E-state index in [1.165, 1.54) is 4.90 Å². The maximum absolute atomic E-state index is 11.7. The van der Waals surface area contributed by atoms with Crippen LogP contribution in [0.5, 0.6) is 0 Å². The number of carbonyl (C=O) groups excluding carboxylic acids is 1. The number of benzene rings is 3. The van der Waals surface area contributed by atoms with Gasteiger partial charge in [0.2, 0.25) is 0 Å². The van der Waals surface area contributed by atoms with E-state index in [-0.39, 0.29) is 5.78 Å². The van der Waals surface area contributed by atoms with Crippen molar-refractivity contribution in [1.82, 2.24) is 0 Å². The summed E-state index contributed by atoms with van der Waals surface area (Å²) < 4.78 is 0. The van der Waals surface area contributed by atoms with Crippen LogP contribution in [-0.4, -0.2) is 5.78 Å². The van der Waals surface area contributed by atoms with E-state index >= 15 is 0 Å². The fraction of sp³-hybridized carbons (Fsp3) is 0. The lowest BCUT2D eigenvalue weighted by Crippen LogP contribution is -1.87. The van der Waals surface area contributed by atoms with Crippen molar-refractivity contribution in [2.45, 2.75) is 9.79 Å². The Labute approximate surface area is 152 Å². The number of rotatable bonds is 2. The molecule has 0 saturated carbocycles. The molecule has 3 rings (SSSR count). The zero-order valence-corrected chi connectivity index (χ0v) is 14.2. The van der Waals surface area contributed by atoms with Gasteiger partial charge < -0.3 is 0 Å². The summed E-state index contributed by atoms with van der Waals surface area (Å²) in [6, 6.07) is 27.4. The Kier molecular flexibility index (Phi) is 5.73. The van der Waals surface area contributed by atoms with Gasteiger partial charge in [-0.3, -0.25) is 4.79 Å². The van der Waals surface area contributed by atoms with E-state index < -0.39 is 0 Å². The average Bonchev–Trinajstić information content (AvgIpc) is 2.67. The lowest BCUT2D eigenvalue weighted by molar-refractivity contribution is -0.108. The minimum atomic E-state index is -0.383. The second kappa shape index (κ2) is 8.60. The molecule has 0 heterocycles. The molecule has 0 aliphatic carbocycles. The third-order valence-corrected chi connectivity index (χ3v) is 4.26. The van der Waals surface area contributed by atoms with Crippen LogP contribution in [-0.2, 0) is 4.79 Å². The van der Waals surface area contributed by atoms with Gasteiger partial charge in [-0.25, -0.2) is 0 Å². The summed E-state index contributed by atoms with van der Waals surface area (Å²) >= 11 is 1.69. The third kappa shape index (κ3) is 5.43. The predicted octanol–water partition coefficient (Wildman–Crippen LogP) is 4.81. The second-order valence-electron chi connectivity index (χ2n) is 5.13. The summed E-state index contributed by atoms with van der Waals surface area (Å²) in [5.41, 5.74) is 1.60. The summed E-state index contributed by atoms with van der Waals surface area (Å²) in [7, 11) is 0. The van der Waals surface area contributed by atoms with Gasteiger partial charge in [-0.1, -0.05) is 60.0 Å². The van der Waals surface area contributed by atoms with Crippen LogP contribution >= 0.6 is 11.8 Å². The van der Waals surface area contributed by atoms with Crippen molar-refractivity contribution in [2.75, 3.05) is 0 Å². The molecule has 0 aliphatic heterocycles. The topological polar surface area (TPSA) is 17.1 Å². The van der Waals surface area contributed by atoms with E-state index in [9.17, 15) is 4.79 Å². The van der Waals surface area contributed by atoms with E-state index in [2.05, 4.69) is 35.8 Å². The molecule has 0 N–H and O–H groups in total. The van der Waals surface area contributed by atoms with Crippen LogP contribution in [0.1, 0.15) is 11.1 Å². The standard InChI is InChI=1S/C23H14OS/c24-21(15-11-19-7-3-1-4-8-19)16-12-20-13-17-23(18-14-20)25-22-9-5-2-6-10-22/h1-10,13-14,17-18H. The van der Waals surface area contributed by atoms with Crippen molar-refractivity contribution in [3.05, 3.63) is 96.1 Å². The van der Waals surface area contributed by atoms with Crippen LogP contribution < -0.4 is 0 Å². The number of hydrogen-bond acceptors (Lipinski definition) is 2. The maximum atomic E-state index is 11.7. The van der Waals surface area contributed by atoms with Gasteiger partial charge >= 0.3 is 0 Å². The van der Waals surface area contributed by atoms with Gasteiger partial charge in [0.05, 0.1) is 0 Å². The first kappa shape index (κ1) is 16.7. The molecule has 1 nitrogen and oxygen atoms in total. The maximum Gasteiger partial charge on any atom is 0.279 e. The summed E-state index contributed by atoms with van der Waals surface area (Å²) in [4.78, 5) is 14.1. The van der Waals surface area contributed by atoms with Crippen molar-refractivity contribution >= 4 is 17.5 Å². The van der Waals surface area contributed by atoms with Crippen LogP contribution in [0.2, 0.25) is 0 Å². The van der Waals surface area contributed by atoms with E-state index in [1.807, 2.05) is 72.8 Å². The van der Waals surface area contributed by atoms with Crippen LogP contribution in [0, 0.1) is 23.7 Å². The molecule has 0 atom stereocenters. The van der Waals surface area contributed by atoms with Gasteiger partial charge in [-0.05, 0) is 60.4 Å². The SMILES string of the molecule is O=C(C#Cc1ccccc1)C#Cc1ccc(Sc2ccccc2)cc1. The minimum Gasteiger partial charge on any atom is -0.270 e. The fourth-order valence-electron chi connectivity index (χ4n) is 2.04. The van der Waals surface area contributed by atoms with Crippen LogP contribution in [0.25, 0.3) is 0 Å². The lowest BCUT2D eigenvalue weighted by Gasteiger charge is -2.01. The highest BCUT2D eigenvalue weighted by molar-refractivity contribution is 7.99. The van der Waals surface area contributed by atoms with Crippen molar-refractivity contribution in [3.8, 4) is 23.7 Å². The minimum absolute atomic E-state index is 0.383. The molecule has 0 aromatic heterocycles. The van der Waals surface area contributed by atoms with Gasteiger partial charge in [-0.2, -0.15) is 0 Å². The zero-order chi connectivity index (χ0) is 17.3. The number of carbonyl (C=O) groups is 1. The summed E-state index contributed by atoms with van der Waals surface area (Å²) in [6.45, 7) is 0. The van der Waals surface area contributed by atoms with E-state index in [4.69, 9.17) is 0 Å². The van der Waals surface area contributed by atoms with Gasteiger partial charge in [0, 0.05) is 20.9 Å². The summed E-state index contributed by atoms with van der Waals surface area (Å²) in [5.74, 6) is 10.4. The van der Waals surface area contributed by atoms with Crippen molar-refractivity contribution in [3.63, 3.8) is 0 Å². The van der Waals surface area contributed by atoms with Gasteiger partial charge in [0.1, 0.15) is 0 Å². The first-order valence-corrected chi connectivity index (χ1v) is 8.57. The Morgan fingerprint density at radius 3 is 1.68 bits per heavy atom. The number of hydrogen-bond donors (Lipinski definition) is 0. The predicted molar refractivity (Wildman–Crippen MR) is 102 cm³/mol. The van der Waals surface area contributed by atoms with E-state index in [1.54, 1.807) is 11.8 Å². The largest absolute Gasteiger partial charge is 0.279 e. The van der Waals surface area contributed by atoms with Gasteiger partial charge in [-0.15, -0.1) is 0 Å². The summed E-state index contributed by atoms with van der Waals surface area (Å²) in [6.07, 6.45) is 0. The van der Waals surface area contributed by atoms with E-state index in [0.29, 0.717) is 0 Å². The van der Waals surface area contributed by atoms with Crippen molar-refractivity contribution < 1.29 is 4.79 Å². The van der Waals surface area contributed by atoms with Crippen LogP contribution in [0.3, 0.4) is 0 Å².